The average molecular weight is 172 g/mol. The van der Waals surface area contributed by atoms with Crippen LogP contribution in [0.2, 0.25) is 0 Å². The first kappa shape index (κ1) is 7.26. The smallest absolute Gasteiger partial charge is 0.186 e. The minimum Gasteiger partial charge on any atom is -0.370 e. The van der Waals surface area contributed by atoms with E-state index in [9.17, 15) is 0 Å². The van der Waals surface area contributed by atoms with Crippen molar-refractivity contribution in [1.82, 2.24) is 0 Å². The maximum Gasteiger partial charge on any atom is 0.186 e. The summed E-state index contributed by atoms with van der Waals surface area (Å²) in [4.78, 5) is 0. The van der Waals surface area contributed by atoms with Crippen LogP contribution in [0.4, 0.5) is 0 Å². The molecule has 0 aliphatic carbocycles. The van der Waals surface area contributed by atoms with E-state index in [1.807, 2.05) is 0 Å². The van der Waals surface area contributed by atoms with Gasteiger partial charge in [-0.2, -0.15) is 0 Å². The van der Waals surface area contributed by atoms with Crippen molar-refractivity contribution >= 4 is 0 Å². The SMILES string of the molecule is C1CC(C2CO2)OC(C2CO2)O1. The lowest BCUT2D eigenvalue weighted by Crippen LogP contribution is -2.38. The molecule has 12 heavy (non-hydrogen) atoms. The Kier molecular flexibility index (Phi) is 1.61. The highest BCUT2D eigenvalue weighted by Crippen LogP contribution is 2.29. The molecule has 4 heteroatoms. The molecular weight excluding hydrogens is 160 g/mol. The summed E-state index contributed by atoms with van der Waals surface area (Å²) in [6, 6.07) is 0. The van der Waals surface area contributed by atoms with Crippen molar-refractivity contribution in [2.24, 2.45) is 0 Å². The normalized spacial score (nSPS) is 52.0. The van der Waals surface area contributed by atoms with Crippen molar-refractivity contribution in [2.45, 2.75) is 31.0 Å². The fourth-order valence-electron chi connectivity index (χ4n) is 1.53. The first-order valence-corrected chi connectivity index (χ1v) is 4.44. The minimum atomic E-state index is -0.132. The second-order valence-electron chi connectivity index (χ2n) is 3.45. The summed E-state index contributed by atoms with van der Waals surface area (Å²) < 4.78 is 21.4. The fraction of sp³-hybridized carbons (Fsp3) is 1.00. The molecule has 4 atom stereocenters. The standard InChI is InChI=1S/C8H12O4/c1-2-9-8(7-4-11-7)12-5(1)6-3-10-6/h5-8H,1-4H2. The van der Waals surface area contributed by atoms with E-state index in [2.05, 4.69) is 0 Å². The summed E-state index contributed by atoms with van der Waals surface area (Å²) in [5.74, 6) is 0. The average Bonchev–Trinajstić information content (AvgIpc) is 2.98. The molecule has 0 N–H and O–H groups in total. The summed E-state index contributed by atoms with van der Waals surface area (Å²) >= 11 is 0. The number of hydrogen-bond acceptors (Lipinski definition) is 4. The van der Waals surface area contributed by atoms with Gasteiger partial charge in [-0.25, -0.2) is 0 Å². The maximum atomic E-state index is 5.66. The van der Waals surface area contributed by atoms with Gasteiger partial charge in [0.1, 0.15) is 12.2 Å². The van der Waals surface area contributed by atoms with Crippen LogP contribution in [0.5, 0.6) is 0 Å². The second kappa shape index (κ2) is 2.67. The van der Waals surface area contributed by atoms with E-state index in [1.165, 1.54) is 0 Å². The lowest BCUT2D eigenvalue weighted by molar-refractivity contribution is -0.223. The van der Waals surface area contributed by atoms with Gasteiger partial charge in [0.2, 0.25) is 0 Å². The first-order valence-electron chi connectivity index (χ1n) is 4.44. The molecule has 3 aliphatic heterocycles. The van der Waals surface area contributed by atoms with E-state index in [1.54, 1.807) is 0 Å². The van der Waals surface area contributed by atoms with E-state index >= 15 is 0 Å². The van der Waals surface area contributed by atoms with Gasteiger partial charge in [0, 0.05) is 0 Å². The zero-order valence-electron chi connectivity index (χ0n) is 6.77. The number of hydrogen-bond donors (Lipinski definition) is 0. The first-order chi connectivity index (χ1) is 5.93. The molecule has 0 spiro atoms. The van der Waals surface area contributed by atoms with Crippen LogP contribution in [0, 0.1) is 0 Å². The summed E-state index contributed by atoms with van der Waals surface area (Å²) in [6.07, 6.45) is 1.58. The van der Waals surface area contributed by atoms with E-state index < -0.39 is 0 Å². The Morgan fingerprint density at radius 2 is 1.58 bits per heavy atom. The Bertz CT molecular complexity index is 158. The highest BCUT2D eigenvalue weighted by molar-refractivity contribution is 4.85. The maximum absolute atomic E-state index is 5.66. The predicted octanol–water partition coefficient (Wildman–Crippen LogP) is -0.0844. The van der Waals surface area contributed by atoms with Crippen molar-refractivity contribution < 1.29 is 18.9 Å². The van der Waals surface area contributed by atoms with Crippen LogP contribution in [-0.4, -0.2) is 44.4 Å². The molecule has 0 radical (unpaired) electrons. The highest BCUT2D eigenvalue weighted by atomic mass is 16.7. The van der Waals surface area contributed by atoms with Crippen molar-refractivity contribution in [2.75, 3.05) is 19.8 Å². The van der Waals surface area contributed by atoms with Crippen molar-refractivity contribution in [1.29, 1.82) is 0 Å². The van der Waals surface area contributed by atoms with Crippen LogP contribution >= 0.6 is 0 Å². The van der Waals surface area contributed by atoms with Gasteiger partial charge in [-0.05, 0) is 6.42 Å². The van der Waals surface area contributed by atoms with E-state index in [-0.39, 0.29) is 18.5 Å². The molecule has 4 nitrogen and oxygen atoms in total. The lowest BCUT2D eigenvalue weighted by Gasteiger charge is -2.28. The molecular formula is C8H12O4. The molecule has 3 aliphatic rings. The molecule has 68 valence electrons. The zero-order valence-corrected chi connectivity index (χ0v) is 6.77. The van der Waals surface area contributed by atoms with Gasteiger partial charge in [-0.1, -0.05) is 0 Å². The Hall–Kier alpha value is -0.160. The van der Waals surface area contributed by atoms with E-state index in [0.29, 0.717) is 6.10 Å². The van der Waals surface area contributed by atoms with Gasteiger partial charge in [-0.3, -0.25) is 0 Å². The monoisotopic (exact) mass is 172 g/mol. The third-order valence-corrected chi connectivity index (χ3v) is 2.43. The molecule has 4 unspecified atom stereocenters. The van der Waals surface area contributed by atoms with E-state index in [4.69, 9.17) is 18.9 Å². The molecule has 3 rings (SSSR count). The van der Waals surface area contributed by atoms with Crippen molar-refractivity contribution in [3.05, 3.63) is 0 Å². The molecule has 0 bridgehead atoms. The Morgan fingerprint density at radius 3 is 2.25 bits per heavy atom. The van der Waals surface area contributed by atoms with Crippen LogP contribution in [0.15, 0.2) is 0 Å². The highest BCUT2D eigenvalue weighted by Gasteiger charge is 2.43. The van der Waals surface area contributed by atoms with Gasteiger partial charge < -0.3 is 18.9 Å². The Balaban J connectivity index is 1.58. The number of ether oxygens (including phenoxy) is 4. The molecule has 0 aromatic rings. The third-order valence-electron chi connectivity index (χ3n) is 2.43. The van der Waals surface area contributed by atoms with Crippen molar-refractivity contribution in [3.63, 3.8) is 0 Å². The van der Waals surface area contributed by atoms with E-state index in [0.717, 1.165) is 26.2 Å². The van der Waals surface area contributed by atoms with Gasteiger partial charge in [0.25, 0.3) is 0 Å². The Morgan fingerprint density at radius 1 is 0.833 bits per heavy atom. The molecule has 0 amide bonds. The summed E-state index contributed by atoms with van der Waals surface area (Å²) in [6.45, 7) is 2.40. The molecule has 3 fully saturated rings. The van der Waals surface area contributed by atoms with Gasteiger partial charge in [-0.15, -0.1) is 0 Å². The van der Waals surface area contributed by atoms with Crippen LogP contribution in [0.1, 0.15) is 6.42 Å². The summed E-state index contributed by atoms with van der Waals surface area (Å²) in [5.41, 5.74) is 0. The molecule has 0 aromatic heterocycles. The number of epoxide rings is 2. The molecule has 3 saturated heterocycles. The molecule has 0 saturated carbocycles. The second-order valence-corrected chi connectivity index (χ2v) is 3.45. The Labute approximate surface area is 70.7 Å². The minimum absolute atomic E-state index is 0.132. The molecule has 3 heterocycles. The number of rotatable bonds is 2. The van der Waals surface area contributed by atoms with Crippen LogP contribution in [0.25, 0.3) is 0 Å². The quantitative estimate of drug-likeness (QED) is 0.546. The summed E-state index contributed by atoms with van der Waals surface area (Å²) in [7, 11) is 0. The predicted molar refractivity (Wildman–Crippen MR) is 38.7 cm³/mol. The van der Waals surface area contributed by atoms with Crippen LogP contribution in [-0.2, 0) is 18.9 Å². The lowest BCUT2D eigenvalue weighted by atomic mass is 10.2. The molecule has 0 aromatic carbocycles. The van der Waals surface area contributed by atoms with Gasteiger partial charge >= 0.3 is 0 Å². The zero-order chi connectivity index (χ0) is 7.97. The van der Waals surface area contributed by atoms with Gasteiger partial charge in [0.15, 0.2) is 6.29 Å². The summed E-state index contributed by atoms with van der Waals surface area (Å²) in [5, 5.41) is 0. The topological polar surface area (TPSA) is 43.5 Å². The van der Waals surface area contributed by atoms with Gasteiger partial charge in [0.05, 0.1) is 25.9 Å². The van der Waals surface area contributed by atoms with Crippen molar-refractivity contribution in [3.8, 4) is 0 Å². The van der Waals surface area contributed by atoms with Crippen LogP contribution in [0.3, 0.4) is 0 Å². The fourth-order valence-corrected chi connectivity index (χ4v) is 1.53. The third kappa shape index (κ3) is 1.35. The largest absolute Gasteiger partial charge is 0.370 e. The van der Waals surface area contributed by atoms with Crippen LogP contribution < -0.4 is 0 Å².